The van der Waals surface area contributed by atoms with Crippen LogP contribution in [-0.2, 0) is 4.79 Å². The first-order chi connectivity index (χ1) is 9.66. The van der Waals surface area contributed by atoms with Crippen LogP contribution in [0.1, 0.15) is 43.2 Å². The molecule has 2 aliphatic rings. The maximum absolute atomic E-state index is 12.6. The molecule has 1 aromatic carbocycles. The summed E-state index contributed by atoms with van der Waals surface area (Å²) >= 11 is 0. The molecule has 0 aliphatic carbocycles. The van der Waals surface area contributed by atoms with Gasteiger partial charge < -0.3 is 10.2 Å². The number of nitrogens with one attached hydrogen (secondary N) is 1. The Hall–Kier alpha value is -1.35. The molecule has 0 radical (unpaired) electrons. The topological polar surface area (TPSA) is 32.3 Å². The van der Waals surface area contributed by atoms with Crippen molar-refractivity contribution in [2.45, 2.75) is 51.1 Å². The third kappa shape index (κ3) is 2.47. The summed E-state index contributed by atoms with van der Waals surface area (Å²) in [5.41, 5.74) is 2.76. The fourth-order valence-electron chi connectivity index (χ4n) is 3.70. The molecule has 0 bridgehead atoms. The van der Waals surface area contributed by atoms with Crippen LogP contribution in [0.4, 0.5) is 0 Å². The van der Waals surface area contributed by atoms with Gasteiger partial charge in [0.05, 0.1) is 6.04 Å². The highest BCUT2D eigenvalue weighted by Crippen LogP contribution is 2.33. The van der Waals surface area contributed by atoms with Gasteiger partial charge in [0, 0.05) is 18.5 Å². The predicted octanol–water partition coefficient (Wildman–Crippen LogP) is 2.45. The summed E-state index contributed by atoms with van der Waals surface area (Å²) < 4.78 is 0. The van der Waals surface area contributed by atoms with Crippen molar-refractivity contribution in [3.63, 3.8) is 0 Å². The molecule has 108 valence electrons. The molecule has 3 nitrogen and oxygen atoms in total. The number of carbonyl (C=O) groups excluding carboxylic acids is 1. The SMILES string of the molecule is Cc1ccccc1[C@@H]1C[C@@H](C)N(C(=O)[C@@H]2CCCN2)C1. The fourth-order valence-corrected chi connectivity index (χ4v) is 3.70. The first-order valence-corrected chi connectivity index (χ1v) is 7.76. The van der Waals surface area contributed by atoms with Gasteiger partial charge in [-0.3, -0.25) is 4.79 Å². The zero-order chi connectivity index (χ0) is 14.1. The Bertz CT molecular complexity index is 494. The minimum absolute atomic E-state index is 0.0630. The molecule has 2 saturated heterocycles. The smallest absolute Gasteiger partial charge is 0.239 e. The van der Waals surface area contributed by atoms with E-state index in [1.54, 1.807) is 0 Å². The zero-order valence-corrected chi connectivity index (χ0v) is 12.4. The highest BCUT2D eigenvalue weighted by Gasteiger charge is 2.37. The van der Waals surface area contributed by atoms with Crippen molar-refractivity contribution in [1.82, 2.24) is 10.2 Å². The minimum Gasteiger partial charge on any atom is -0.338 e. The number of amides is 1. The highest BCUT2D eigenvalue weighted by molar-refractivity contribution is 5.83. The van der Waals surface area contributed by atoms with Crippen molar-refractivity contribution in [2.75, 3.05) is 13.1 Å². The van der Waals surface area contributed by atoms with Crippen molar-refractivity contribution in [3.8, 4) is 0 Å². The third-order valence-electron chi connectivity index (χ3n) is 4.84. The number of hydrogen-bond donors (Lipinski definition) is 1. The van der Waals surface area contributed by atoms with Gasteiger partial charge in [-0.15, -0.1) is 0 Å². The van der Waals surface area contributed by atoms with Crippen molar-refractivity contribution >= 4 is 5.91 Å². The molecule has 0 saturated carbocycles. The van der Waals surface area contributed by atoms with E-state index in [0.29, 0.717) is 17.9 Å². The summed E-state index contributed by atoms with van der Waals surface area (Å²) in [6.07, 6.45) is 3.21. The fraction of sp³-hybridized carbons (Fsp3) is 0.588. The van der Waals surface area contributed by atoms with Crippen LogP contribution in [-0.4, -0.2) is 36.0 Å². The Balaban J connectivity index is 1.73. The molecule has 3 rings (SSSR count). The molecule has 1 amide bonds. The summed E-state index contributed by atoms with van der Waals surface area (Å²) in [6, 6.07) is 9.00. The summed E-state index contributed by atoms with van der Waals surface area (Å²) in [7, 11) is 0. The summed E-state index contributed by atoms with van der Waals surface area (Å²) in [5, 5.41) is 3.33. The summed E-state index contributed by atoms with van der Waals surface area (Å²) in [4.78, 5) is 14.7. The molecule has 3 atom stereocenters. The molecule has 20 heavy (non-hydrogen) atoms. The van der Waals surface area contributed by atoms with Crippen molar-refractivity contribution in [1.29, 1.82) is 0 Å². The average Bonchev–Trinajstić information content (AvgIpc) is 3.08. The molecule has 0 unspecified atom stereocenters. The van der Waals surface area contributed by atoms with E-state index in [1.807, 2.05) is 0 Å². The van der Waals surface area contributed by atoms with Gasteiger partial charge in [-0.05, 0) is 50.8 Å². The van der Waals surface area contributed by atoms with Crippen LogP contribution in [0.2, 0.25) is 0 Å². The number of hydrogen-bond acceptors (Lipinski definition) is 2. The monoisotopic (exact) mass is 272 g/mol. The van der Waals surface area contributed by atoms with Gasteiger partial charge in [-0.25, -0.2) is 0 Å². The maximum atomic E-state index is 12.6. The normalized spacial score (nSPS) is 29.9. The van der Waals surface area contributed by atoms with E-state index >= 15 is 0 Å². The van der Waals surface area contributed by atoms with E-state index in [9.17, 15) is 4.79 Å². The van der Waals surface area contributed by atoms with Gasteiger partial charge in [0.15, 0.2) is 0 Å². The third-order valence-corrected chi connectivity index (χ3v) is 4.84. The predicted molar refractivity (Wildman–Crippen MR) is 80.7 cm³/mol. The van der Waals surface area contributed by atoms with Gasteiger partial charge >= 0.3 is 0 Å². The Kier molecular flexibility index (Phi) is 3.79. The highest BCUT2D eigenvalue weighted by atomic mass is 16.2. The molecule has 2 fully saturated rings. The number of likely N-dealkylation sites (tertiary alicyclic amines) is 1. The van der Waals surface area contributed by atoms with Crippen LogP contribution >= 0.6 is 0 Å². The Labute approximate surface area is 121 Å². The lowest BCUT2D eigenvalue weighted by molar-refractivity contribution is -0.133. The van der Waals surface area contributed by atoms with Crippen LogP contribution < -0.4 is 5.32 Å². The second kappa shape index (κ2) is 5.57. The first-order valence-electron chi connectivity index (χ1n) is 7.76. The van der Waals surface area contributed by atoms with E-state index in [4.69, 9.17) is 0 Å². The number of aryl methyl sites for hydroxylation is 1. The molecule has 2 heterocycles. The summed E-state index contributed by atoms with van der Waals surface area (Å²) in [6.45, 7) is 6.22. The van der Waals surface area contributed by atoms with Gasteiger partial charge in [0.25, 0.3) is 0 Å². The van der Waals surface area contributed by atoms with Crippen LogP contribution in [0.15, 0.2) is 24.3 Å². The molecule has 0 spiro atoms. The lowest BCUT2D eigenvalue weighted by atomic mass is 9.93. The van der Waals surface area contributed by atoms with Gasteiger partial charge in [-0.2, -0.15) is 0 Å². The maximum Gasteiger partial charge on any atom is 0.239 e. The van der Waals surface area contributed by atoms with Crippen LogP contribution in [0.3, 0.4) is 0 Å². The van der Waals surface area contributed by atoms with E-state index in [1.165, 1.54) is 11.1 Å². The van der Waals surface area contributed by atoms with Gasteiger partial charge in [0.2, 0.25) is 5.91 Å². The second-order valence-electron chi connectivity index (χ2n) is 6.28. The van der Waals surface area contributed by atoms with Crippen molar-refractivity contribution in [3.05, 3.63) is 35.4 Å². The van der Waals surface area contributed by atoms with Crippen LogP contribution in [0.25, 0.3) is 0 Å². The average molecular weight is 272 g/mol. The Morgan fingerprint density at radius 2 is 2.15 bits per heavy atom. The quantitative estimate of drug-likeness (QED) is 0.897. The van der Waals surface area contributed by atoms with Crippen LogP contribution in [0, 0.1) is 6.92 Å². The van der Waals surface area contributed by atoms with Gasteiger partial charge in [0.1, 0.15) is 0 Å². The van der Waals surface area contributed by atoms with Crippen LogP contribution in [0.5, 0.6) is 0 Å². The molecule has 0 aromatic heterocycles. The first kappa shape index (κ1) is 13.6. The molecule has 3 heteroatoms. The number of rotatable bonds is 2. The van der Waals surface area contributed by atoms with E-state index in [2.05, 4.69) is 48.3 Å². The van der Waals surface area contributed by atoms with Crippen molar-refractivity contribution in [2.24, 2.45) is 0 Å². The van der Waals surface area contributed by atoms with E-state index < -0.39 is 0 Å². The standard InChI is InChI=1S/C17H24N2O/c1-12-6-3-4-7-15(12)14-10-13(2)19(11-14)17(20)16-8-5-9-18-16/h3-4,6-7,13-14,16,18H,5,8-11H2,1-2H3/t13-,14-,16+/m1/s1. The molecular weight excluding hydrogens is 248 g/mol. The second-order valence-corrected chi connectivity index (χ2v) is 6.28. The minimum atomic E-state index is 0.0630. The van der Waals surface area contributed by atoms with Gasteiger partial charge in [-0.1, -0.05) is 24.3 Å². The molecule has 1 N–H and O–H groups in total. The van der Waals surface area contributed by atoms with E-state index in [-0.39, 0.29) is 6.04 Å². The number of nitrogens with zero attached hydrogens (tertiary/aromatic N) is 1. The number of benzene rings is 1. The molecular formula is C17H24N2O. The number of carbonyl (C=O) groups is 1. The molecule has 1 aromatic rings. The lowest BCUT2D eigenvalue weighted by Crippen LogP contribution is -2.45. The van der Waals surface area contributed by atoms with E-state index in [0.717, 1.165) is 32.4 Å². The Morgan fingerprint density at radius 1 is 1.35 bits per heavy atom. The largest absolute Gasteiger partial charge is 0.338 e. The Morgan fingerprint density at radius 3 is 2.85 bits per heavy atom. The zero-order valence-electron chi connectivity index (χ0n) is 12.4. The lowest BCUT2D eigenvalue weighted by Gasteiger charge is -2.25. The molecule has 2 aliphatic heterocycles. The van der Waals surface area contributed by atoms with Crippen molar-refractivity contribution < 1.29 is 4.79 Å². The summed E-state index contributed by atoms with van der Waals surface area (Å²) in [5.74, 6) is 0.808.